The number of hydrogen-bond donors (Lipinski definition) is 1. The van der Waals surface area contributed by atoms with Gasteiger partial charge in [-0.15, -0.1) is 0 Å². The SMILES string of the molecule is COc1ccc(-c2noc([C@@H](C)NC(=O)C(C)C)n2)cc1. The van der Waals surface area contributed by atoms with Crippen LogP contribution in [0.15, 0.2) is 28.8 Å². The van der Waals surface area contributed by atoms with Gasteiger partial charge in [0.2, 0.25) is 17.6 Å². The number of nitrogens with one attached hydrogen (secondary N) is 1. The Hall–Kier alpha value is -2.37. The molecule has 1 aromatic heterocycles. The lowest BCUT2D eigenvalue weighted by atomic mass is 10.2. The molecule has 0 aliphatic carbocycles. The number of carbonyl (C=O) groups is 1. The number of amides is 1. The van der Waals surface area contributed by atoms with Crippen LogP contribution in [-0.4, -0.2) is 23.2 Å². The van der Waals surface area contributed by atoms with Crippen molar-refractivity contribution in [2.24, 2.45) is 5.92 Å². The highest BCUT2D eigenvalue weighted by atomic mass is 16.5. The van der Waals surface area contributed by atoms with E-state index >= 15 is 0 Å². The van der Waals surface area contributed by atoms with Crippen LogP contribution in [0.1, 0.15) is 32.7 Å². The fourth-order valence-electron chi connectivity index (χ4n) is 1.71. The van der Waals surface area contributed by atoms with Gasteiger partial charge in [0.25, 0.3) is 0 Å². The normalized spacial score (nSPS) is 12.2. The van der Waals surface area contributed by atoms with Crippen molar-refractivity contribution in [1.82, 2.24) is 15.5 Å². The maximum atomic E-state index is 11.7. The minimum Gasteiger partial charge on any atom is -0.497 e. The monoisotopic (exact) mass is 289 g/mol. The Kier molecular flexibility index (Phi) is 4.57. The van der Waals surface area contributed by atoms with Crippen LogP contribution in [0.5, 0.6) is 5.75 Å². The zero-order valence-corrected chi connectivity index (χ0v) is 12.6. The van der Waals surface area contributed by atoms with E-state index in [0.29, 0.717) is 11.7 Å². The van der Waals surface area contributed by atoms with Gasteiger partial charge in [-0.25, -0.2) is 0 Å². The molecule has 6 nitrogen and oxygen atoms in total. The average Bonchev–Trinajstić information content (AvgIpc) is 2.97. The quantitative estimate of drug-likeness (QED) is 0.915. The summed E-state index contributed by atoms with van der Waals surface area (Å²) in [7, 11) is 1.61. The van der Waals surface area contributed by atoms with Crippen molar-refractivity contribution >= 4 is 5.91 Å². The molecule has 0 bridgehead atoms. The van der Waals surface area contributed by atoms with Crippen molar-refractivity contribution in [1.29, 1.82) is 0 Å². The number of rotatable bonds is 5. The molecular formula is C15H19N3O3. The van der Waals surface area contributed by atoms with Gasteiger partial charge in [0.1, 0.15) is 11.8 Å². The van der Waals surface area contributed by atoms with Gasteiger partial charge >= 0.3 is 0 Å². The van der Waals surface area contributed by atoms with E-state index in [1.807, 2.05) is 45.0 Å². The maximum absolute atomic E-state index is 11.7. The second kappa shape index (κ2) is 6.39. The lowest BCUT2D eigenvalue weighted by molar-refractivity contribution is -0.124. The zero-order chi connectivity index (χ0) is 15.4. The van der Waals surface area contributed by atoms with Gasteiger partial charge in [0, 0.05) is 11.5 Å². The van der Waals surface area contributed by atoms with Gasteiger partial charge in [-0.2, -0.15) is 4.98 Å². The first-order valence-electron chi connectivity index (χ1n) is 6.79. The summed E-state index contributed by atoms with van der Waals surface area (Å²) >= 11 is 0. The number of carbonyl (C=O) groups excluding carboxylic acids is 1. The molecule has 0 spiro atoms. The predicted octanol–water partition coefficient (Wildman–Crippen LogP) is 2.58. The van der Waals surface area contributed by atoms with Crippen LogP contribution in [0.4, 0.5) is 0 Å². The molecule has 0 radical (unpaired) electrons. The summed E-state index contributed by atoms with van der Waals surface area (Å²) in [5.41, 5.74) is 0.827. The van der Waals surface area contributed by atoms with Gasteiger partial charge in [-0.05, 0) is 31.2 Å². The van der Waals surface area contributed by atoms with E-state index in [0.717, 1.165) is 11.3 Å². The molecule has 0 fully saturated rings. The number of nitrogens with zero attached hydrogens (tertiary/aromatic N) is 2. The Balaban J connectivity index is 2.11. The number of hydrogen-bond acceptors (Lipinski definition) is 5. The fraction of sp³-hybridized carbons (Fsp3) is 0.400. The lowest BCUT2D eigenvalue weighted by Crippen LogP contribution is -2.30. The van der Waals surface area contributed by atoms with Crippen LogP contribution in [0.3, 0.4) is 0 Å². The summed E-state index contributed by atoms with van der Waals surface area (Å²) in [6.45, 7) is 5.48. The van der Waals surface area contributed by atoms with Gasteiger partial charge in [-0.3, -0.25) is 4.79 Å². The van der Waals surface area contributed by atoms with Crippen molar-refractivity contribution < 1.29 is 14.1 Å². The molecular weight excluding hydrogens is 270 g/mol. The van der Waals surface area contributed by atoms with Crippen molar-refractivity contribution in [3.8, 4) is 17.1 Å². The first-order valence-corrected chi connectivity index (χ1v) is 6.79. The fourth-order valence-corrected chi connectivity index (χ4v) is 1.71. The summed E-state index contributed by atoms with van der Waals surface area (Å²) < 4.78 is 10.3. The Morgan fingerprint density at radius 3 is 2.48 bits per heavy atom. The molecule has 112 valence electrons. The van der Waals surface area contributed by atoms with Crippen LogP contribution in [0.25, 0.3) is 11.4 Å². The molecule has 1 heterocycles. The smallest absolute Gasteiger partial charge is 0.249 e. The van der Waals surface area contributed by atoms with E-state index in [9.17, 15) is 4.79 Å². The van der Waals surface area contributed by atoms with Gasteiger partial charge in [0.15, 0.2) is 0 Å². The van der Waals surface area contributed by atoms with Crippen LogP contribution < -0.4 is 10.1 Å². The van der Waals surface area contributed by atoms with Crippen molar-refractivity contribution in [2.45, 2.75) is 26.8 Å². The highest BCUT2D eigenvalue weighted by Crippen LogP contribution is 2.21. The minimum absolute atomic E-state index is 0.0494. The molecule has 2 rings (SSSR count). The van der Waals surface area contributed by atoms with E-state index in [2.05, 4.69) is 15.5 Å². The molecule has 1 atom stereocenters. The van der Waals surface area contributed by atoms with Gasteiger partial charge < -0.3 is 14.6 Å². The predicted molar refractivity (Wildman–Crippen MR) is 77.7 cm³/mol. The Labute approximate surface area is 123 Å². The number of aromatic nitrogens is 2. The van der Waals surface area contributed by atoms with Crippen LogP contribution in [-0.2, 0) is 4.79 Å². The summed E-state index contributed by atoms with van der Waals surface area (Å²) in [4.78, 5) is 16.0. The first kappa shape index (κ1) is 15.0. The molecule has 1 N–H and O–H groups in total. The summed E-state index contributed by atoms with van der Waals surface area (Å²) in [5.74, 6) is 1.50. The summed E-state index contributed by atoms with van der Waals surface area (Å²) in [5, 5.41) is 6.76. The molecule has 21 heavy (non-hydrogen) atoms. The summed E-state index contributed by atoms with van der Waals surface area (Å²) in [6, 6.07) is 7.04. The molecule has 0 unspecified atom stereocenters. The highest BCUT2D eigenvalue weighted by Gasteiger charge is 2.18. The highest BCUT2D eigenvalue weighted by molar-refractivity contribution is 5.78. The zero-order valence-electron chi connectivity index (χ0n) is 12.6. The summed E-state index contributed by atoms with van der Waals surface area (Å²) in [6.07, 6.45) is 0. The molecule has 2 aromatic rings. The Morgan fingerprint density at radius 2 is 1.90 bits per heavy atom. The number of ether oxygens (including phenoxy) is 1. The van der Waals surface area contributed by atoms with Gasteiger partial charge in [-0.1, -0.05) is 19.0 Å². The van der Waals surface area contributed by atoms with E-state index in [1.165, 1.54) is 0 Å². The van der Waals surface area contributed by atoms with E-state index in [4.69, 9.17) is 9.26 Å². The van der Waals surface area contributed by atoms with Crippen LogP contribution in [0, 0.1) is 5.92 Å². The minimum atomic E-state index is -0.320. The third-order valence-corrected chi connectivity index (χ3v) is 3.04. The number of methoxy groups -OCH3 is 1. The van der Waals surface area contributed by atoms with Crippen LogP contribution in [0.2, 0.25) is 0 Å². The van der Waals surface area contributed by atoms with E-state index in [1.54, 1.807) is 7.11 Å². The van der Waals surface area contributed by atoms with E-state index < -0.39 is 0 Å². The molecule has 0 saturated heterocycles. The molecule has 0 saturated carbocycles. The van der Waals surface area contributed by atoms with Crippen LogP contribution >= 0.6 is 0 Å². The molecule has 0 aliphatic heterocycles. The number of benzene rings is 1. The van der Waals surface area contributed by atoms with Crippen molar-refractivity contribution in [3.05, 3.63) is 30.2 Å². The molecule has 6 heteroatoms. The topological polar surface area (TPSA) is 77.3 Å². The maximum Gasteiger partial charge on any atom is 0.249 e. The third-order valence-electron chi connectivity index (χ3n) is 3.04. The second-order valence-electron chi connectivity index (χ2n) is 5.07. The standard InChI is InChI=1S/C15H19N3O3/c1-9(2)14(19)16-10(3)15-17-13(18-21-15)11-5-7-12(20-4)8-6-11/h5-10H,1-4H3,(H,16,19)/t10-/m1/s1. The van der Waals surface area contributed by atoms with Crippen molar-refractivity contribution in [2.75, 3.05) is 7.11 Å². The average molecular weight is 289 g/mol. The molecule has 1 amide bonds. The van der Waals surface area contributed by atoms with Crippen molar-refractivity contribution in [3.63, 3.8) is 0 Å². The van der Waals surface area contributed by atoms with E-state index in [-0.39, 0.29) is 17.9 Å². The largest absolute Gasteiger partial charge is 0.497 e. The Bertz CT molecular complexity index is 605. The molecule has 0 aliphatic rings. The Morgan fingerprint density at radius 1 is 1.24 bits per heavy atom. The first-order chi connectivity index (χ1) is 10.0. The lowest BCUT2D eigenvalue weighted by Gasteiger charge is -2.11. The van der Waals surface area contributed by atoms with Gasteiger partial charge in [0.05, 0.1) is 7.11 Å². The molecule has 1 aromatic carbocycles. The third kappa shape index (κ3) is 3.59. The second-order valence-corrected chi connectivity index (χ2v) is 5.07.